The Morgan fingerprint density at radius 2 is 1.95 bits per heavy atom. The number of methoxy groups -OCH3 is 1. The summed E-state index contributed by atoms with van der Waals surface area (Å²) in [5.74, 6) is 0.623. The van der Waals surface area contributed by atoms with Crippen LogP contribution in [-0.2, 0) is 11.2 Å². The Morgan fingerprint density at radius 3 is 2.62 bits per heavy atom. The minimum atomic E-state index is -0.151. The molecule has 4 nitrogen and oxygen atoms in total. The molecule has 0 radical (unpaired) electrons. The molecule has 0 unspecified atom stereocenters. The van der Waals surface area contributed by atoms with Gasteiger partial charge in [0.05, 0.1) is 19.7 Å². The molecule has 1 N–H and O–H groups in total. The Morgan fingerprint density at radius 1 is 1.24 bits per heavy atom. The van der Waals surface area contributed by atoms with Gasteiger partial charge in [0.25, 0.3) is 0 Å². The van der Waals surface area contributed by atoms with Gasteiger partial charge in [0.1, 0.15) is 5.75 Å². The van der Waals surface area contributed by atoms with E-state index in [0.29, 0.717) is 0 Å². The van der Waals surface area contributed by atoms with Crippen molar-refractivity contribution in [2.75, 3.05) is 7.11 Å². The van der Waals surface area contributed by atoms with Gasteiger partial charge < -0.3 is 4.74 Å². The molecule has 2 rings (SSSR count). The van der Waals surface area contributed by atoms with E-state index in [4.69, 9.17) is 4.74 Å². The first-order chi connectivity index (χ1) is 10.2. The maximum Gasteiger partial charge on any atom is 0.244 e. The SMILES string of the molecule is COc1ccc(CC(=O)NN=Cc2ccccc2I)cc1. The molecule has 2 aromatic carbocycles. The van der Waals surface area contributed by atoms with Crippen LogP contribution >= 0.6 is 22.6 Å². The van der Waals surface area contributed by atoms with E-state index in [1.54, 1.807) is 13.3 Å². The molecular formula is C16H15IN2O2. The van der Waals surface area contributed by atoms with Gasteiger partial charge in [-0.1, -0.05) is 30.3 Å². The van der Waals surface area contributed by atoms with E-state index in [2.05, 4.69) is 33.1 Å². The van der Waals surface area contributed by atoms with E-state index < -0.39 is 0 Å². The van der Waals surface area contributed by atoms with E-state index in [0.717, 1.165) is 20.4 Å². The van der Waals surface area contributed by atoms with Crippen molar-refractivity contribution in [2.24, 2.45) is 5.10 Å². The number of benzene rings is 2. The lowest BCUT2D eigenvalue weighted by atomic mass is 10.1. The van der Waals surface area contributed by atoms with Crippen LogP contribution in [0.4, 0.5) is 0 Å². The van der Waals surface area contributed by atoms with Gasteiger partial charge in [-0.05, 0) is 46.4 Å². The second-order valence-electron chi connectivity index (χ2n) is 4.34. The number of nitrogens with zero attached hydrogens (tertiary/aromatic N) is 1. The third-order valence-corrected chi connectivity index (χ3v) is 3.80. The number of rotatable bonds is 5. The fraction of sp³-hybridized carbons (Fsp3) is 0.125. The summed E-state index contributed by atoms with van der Waals surface area (Å²) in [6, 6.07) is 15.2. The van der Waals surface area contributed by atoms with Crippen molar-refractivity contribution in [3.8, 4) is 5.75 Å². The molecule has 0 atom stereocenters. The maximum absolute atomic E-state index is 11.8. The van der Waals surface area contributed by atoms with Crippen LogP contribution < -0.4 is 10.2 Å². The first-order valence-corrected chi connectivity index (χ1v) is 7.46. The summed E-state index contributed by atoms with van der Waals surface area (Å²) >= 11 is 2.23. The van der Waals surface area contributed by atoms with E-state index in [-0.39, 0.29) is 12.3 Å². The van der Waals surface area contributed by atoms with Gasteiger partial charge in [-0.25, -0.2) is 5.43 Å². The van der Waals surface area contributed by atoms with Gasteiger partial charge in [-0.3, -0.25) is 4.79 Å². The standard InChI is InChI=1S/C16H15IN2O2/c1-21-14-8-6-12(7-9-14)10-16(20)19-18-11-13-4-2-3-5-15(13)17/h2-9,11H,10H2,1H3,(H,19,20). The molecule has 0 heterocycles. The predicted molar refractivity (Wildman–Crippen MR) is 91.6 cm³/mol. The quantitative estimate of drug-likeness (QED) is 0.482. The minimum absolute atomic E-state index is 0.151. The number of carbonyl (C=O) groups is 1. The van der Waals surface area contributed by atoms with Crippen LogP contribution in [0.15, 0.2) is 53.6 Å². The third kappa shape index (κ3) is 4.86. The Labute approximate surface area is 137 Å². The normalized spacial score (nSPS) is 10.6. The Kier molecular flexibility index (Phi) is 5.74. The van der Waals surface area contributed by atoms with Crippen molar-refractivity contribution in [1.29, 1.82) is 0 Å². The summed E-state index contributed by atoms with van der Waals surface area (Å²) < 4.78 is 6.16. The van der Waals surface area contributed by atoms with E-state index in [1.807, 2.05) is 48.5 Å². The Hall–Kier alpha value is -1.89. The number of halogens is 1. The molecule has 0 aliphatic rings. The molecule has 0 bridgehead atoms. The van der Waals surface area contributed by atoms with Crippen LogP contribution in [0, 0.1) is 3.57 Å². The van der Waals surface area contributed by atoms with Crippen LogP contribution in [0.5, 0.6) is 5.75 Å². The second-order valence-corrected chi connectivity index (χ2v) is 5.50. The fourth-order valence-electron chi connectivity index (χ4n) is 1.72. The minimum Gasteiger partial charge on any atom is -0.497 e. The summed E-state index contributed by atoms with van der Waals surface area (Å²) in [5, 5.41) is 3.98. The zero-order chi connectivity index (χ0) is 15.1. The highest BCUT2D eigenvalue weighted by Crippen LogP contribution is 2.11. The first-order valence-electron chi connectivity index (χ1n) is 6.38. The van der Waals surface area contributed by atoms with Gasteiger partial charge in [-0.2, -0.15) is 5.10 Å². The zero-order valence-corrected chi connectivity index (χ0v) is 13.7. The molecule has 1 amide bonds. The van der Waals surface area contributed by atoms with Gasteiger partial charge >= 0.3 is 0 Å². The predicted octanol–water partition coefficient (Wildman–Crippen LogP) is 2.99. The lowest BCUT2D eigenvalue weighted by Crippen LogP contribution is -2.19. The van der Waals surface area contributed by atoms with Crippen molar-refractivity contribution >= 4 is 34.7 Å². The van der Waals surface area contributed by atoms with Crippen LogP contribution in [0.3, 0.4) is 0 Å². The maximum atomic E-state index is 11.8. The number of amides is 1. The summed E-state index contributed by atoms with van der Waals surface area (Å²) in [6.07, 6.45) is 1.93. The molecule has 0 spiro atoms. The molecule has 0 aliphatic carbocycles. The monoisotopic (exact) mass is 394 g/mol. The molecule has 0 fully saturated rings. The lowest BCUT2D eigenvalue weighted by Gasteiger charge is -2.03. The van der Waals surface area contributed by atoms with Gasteiger partial charge in [0, 0.05) is 9.13 Å². The molecule has 21 heavy (non-hydrogen) atoms. The summed E-state index contributed by atoms with van der Waals surface area (Å²) in [4.78, 5) is 11.8. The highest BCUT2D eigenvalue weighted by atomic mass is 127. The fourth-order valence-corrected chi connectivity index (χ4v) is 2.25. The number of hydrazone groups is 1. The molecule has 2 aromatic rings. The van der Waals surface area contributed by atoms with Crippen molar-refractivity contribution in [3.05, 3.63) is 63.2 Å². The number of carbonyl (C=O) groups excluding carboxylic acids is 1. The topological polar surface area (TPSA) is 50.7 Å². The highest BCUT2D eigenvalue weighted by Gasteiger charge is 2.02. The molecular weight excluding hydrogens is 379 g/mol. The number of nitrogens with one attached hydrogen (secondary N) is 1. The molecule has 108 valence electrons. The Bertz CT molecular complexity index is 639. The van der Waals surface area contributed by atoms with E-state index in [9.17, 15) is 4.79 Å². The first kappa shape index (κ1) is 15.5. The number of ether oxygens (including phenoxy) is 1. The average molecular weight is 394 g/mol. The molecule has 5 heteroatoms. The van der Waals surface area contributed by atoms with E-state index in [1.165, 1.54) is 0 Å². The van der Waals surface area contributed by atoms with Gasteiger partial charge in [-0.15, -0.1) is 0 Å². The van der Waals surface area contributed by atoms with Crippen LogP contribution in [0.25, 0.3) is 0 Å². The average Bonchev–Trinajstić information content (AvgIpc) is 2.50. The van der Waals surface area contributed by atoms with Gasteiger partial charge in [0.15, 0.2) is 0 Å². The summed E-state index contributed by atoms with van der Waals surface area (Å²) in [5.41, 5.74) is 4.42. The highest BCUT2D eigenvalue weighted by molar-refractivity contribution is 14.1. The molecule has 0 saturated carbocycles. The van der Waals surface area contributed by atoms with Crippen molar-refractivity contribution in [3.63, 3.8) is 0 Å². The summed E-state index contributed by atoms with van der Waals surface area (Å²) in [6.45, 7) is 0. The largest absolute Gasteiger partial charge is 0.497 e. The van der Waals surface area contributed by atoms with E-state index >= 15 is 0 Å². The zero-order valence-electron chi connectivity index (χ0n) is 11.5. The lowest BCUT2D eigenvalue weighted by molar-refractivity contribution is -0.120. The third-order valence-electron chi connectivity index (χ3n) is 2.82. The number of hydrogen-bond acceptors (Lipinski definition) is 3. The molecule has 0 aromatic heterocycles. The van der Waals surface area contributed by atoms with Crippen LogP contribution in [0.2, 0.25) is 0 Å². The second kappa shape index (κ2) is 7.78. The smallest absolute Gasteiger partial charge is 0.244 e. The Balaban J connectivity index is 1.88. The van der Waals surface area contributed by atoms with Crippen LogP contribution in [-0.4, -0.2) is 19.2 Å². The molecule has 0 saturated heterocycles. The van der Waals surface area contributed by atoms with Crippen molar-refractivity contribution < 1.29 is 9.53 Å². The summed E-state index contributed by atoms with van der Waals surface area (Å²) in [7, 11) is 1.61. The van der Waals surface area contributed by atoms with Gasteiger partial charge in [0.2, 0.25) is 5.91 Å². The molecule has 0 aliphatic heterocycles. The van der Waals surface area contributed by atoms with Crippen molar-refractivity contribution in [1.82, 2.24) is 5.43 Å². The van der Waals surface area contributed by atoms with Crippen molar-refractivity contribution in [2.45, 2.75) is 6.42 Å². The van der Waals surface area contributed by atoms with Crippen LogP contribution in [0.1, 0.15) is 11.1 Å². The number of hydrogen-bond donors (Lipinski definition) is 1.